The van der Waals surface area contributed by atoms with Gasteiger partial charge in [-0.25, -0.2) is 0 Å². The number of aliphatic carboxylic acids is 1. The van der Waals surface area contributed by atoms with Gasteiger partial charge in [0.25, 0.3) is 0 Å². The van der Waals surface area contributed by atoms with E-state index in [4.69, 9.17) is 0 Å². The summed E-state index contributed by atoms with van der Waals surface area (Å²) >= 11 is 0. The number of rotatable bonds is 53. The van der Waals surface area contributed by atoms with Gasteiger partial charge < -0.3 is 5.11 Å². The fourth-order valence-electron chi connectivity index (χ4n) is 9.45. The Hall–Kier alpha value is -0.530. The van der Waals surface area contributed by atoms with Gasteiger partial charge in [-0.15, -0.1) is 0 Å². The first-order valence-electron chi connectivity index (χ1n) is 27.9. The van der Waals surface area contributed by atoms with Gasteiger partial charge in [0.2, 0.25) is 0 Å². The zero-order chi connectivity index (χ0) is 41.9. The van der Waals surface area contributed by atoms with Gasteiger partial charge in [-0.05, 0) is 12.8 Å². The average Bonchev–Trinajstić information content (AvgIpc) is 3.22. The molecule has 0 saturated heterocycles. The van der Waals surface area contributed by atoms with Crippen molar-refractivity contribution in [3.8, 4) is 0 Å². The quantitative estimate of drug-likeness (QED) is 0.0621. The molecule has 58 heavy (non-hydrogen) atoms. The maximum absolute atomic E-state index is 11.8. The molecule has 0 aliphatic carbocycles. The van der Waals surface area contributed by atoms with Crippen LogP contribution < -0.4 is 0 Å². The van der Waals surface area contributed by atoms with Gasteiger partial charge in [0.1, 0.15) is 0 Å². The van der Waals surface area contributed by atoms with Crippen molar-refractivity contribution < 1.29 is 9.90 Å². The predicted octanol–water partition coefficient (Wildman–Crippen LogP) is 21.0. The highest BCUT2D eigenvalue weighted by atomic mass is 16.4. The number of carboxylic acids is 1. The Morgan fingerprint density at radius 2 is 0.362 bits per heavy atom. The van der Waals surface area contributed by atoms with Crippen LogP contribution in [0.15, 0.2) is 0 Å². The van der Waals surface area contributed by atoms with Crippen LogP contribution in [0.2, 0.25) is 0 Å². The van der Waals surface area contributed by atoms with Crippen LogP contribution in [0.4, 0.5) is 0 Å². The van der Waals surface area contributed by atoms with E-state index in [2.05, 4.69) is 13.8 Å². The fourth-order valence-corrected chi connectivity index (χ4v) is 9.45. The third-order valence-corrected chi connectivity index (χ3v) is 13.7. The maximum Gasteiger partial charge on any atom is 0.306 e. The van der Waals surface area contributed by atoms with Crippen molar-refractivity contribution in [3.63, 3.8) is 0 Å². The maximum atomic E-state index is 11.8. The van der Waals surface area contributed by atoms with Gasteiger partial charge >= 0.3 is 5.97 Å². The lowest BCUT2D eigenvalue weighted by Gasteiger charge is -2.12. The van der Waals surface area contributed by atoms with Crippen LogP contribution in [0.5, 0.6) is 0 Å². The van der Waals surface area contributed by atoms with Crippen molar-refractivity contribution in [2.75, 3.05) is 0 Å². The molecule has 348 valence electrons. The van der Waals surface area contributed by atoms with E-state index in [0.29, 0.717) is 0 Å². The number of carbonyl (C=O) groups is 1. The van der Waals surface area contributed by atoms with Crippen molar-refractivity contribution in [3.05, 3.63) is 0 Å². The van der Waals surface area contributed by atoms with Crippen LogP contribution in [0, 0.1) is 5.92 Å². The van der Waals surface area contributed by atoms with E-state index in [1.165, 1.54) is 308 Å². The molecular weight excluding hydrogens is 705 g/mol. The SMILES string of the molecule is CCCCCCCCCCCCCCCCCCCCCCCCCCCCCCC(CCCCCCCCCCCCCCCCCCCCCCCC)C(=O)O. The zero-order valence-electron chi connectivity index (χ0n) is 40.7. The largest absolute Gasteiger partial charge is 0.481 e. The molecule has 0 spiro atoms. The summed E-state index contributed by atoms with van der Waals surface area (Å²) in [6.45, 7) is 4.61. The highest BCUT2D eigenvalue weighted by Crippen LogP contribution is 2.21. The fraction of sp³-hybridized carbons (Fsp3) is 0.982. The summed E-state index contributed by atoms with van der Waals surface area (Å²) in [4.78, 5) is 11.8. The molecule has 0 fully saturated rings. The van der Waals surface area contributed by atoms with Crippen LogP contribution in [-0.4, -0.2) is 11.1 Å². The van der Waals surface area contributed by atoms with Crippen molar-refractivity contribution in [1.29, 1.82) is 0 Å². The van der Waals surface area contributed by atoms with E-state index in [1.807, 2.05) is 0 Å². The molecular formula is C56H112O2. The van der Waals surface area contributed by atoms with E-state index in [9.17, 15) is 9.90 Å². The minimum Gasteiger partial charge on any atom is -0.481 e. The minimum absolute atomic E-state index is 0.103. The second-order valence-electron chi connectivity index (χ2n) is 19.6. The third-order valence-electron chi connectivity index (χ3n) is 13.7. The predicted molar refractivity (Wildman–Crippen MR) is 263 cm³/mol. The lowest BCUT2D eigenvalue weighted by molar-refractivity contribution is -0.142. The molecule has 0 aliphatic heterocycles. The molecule has 0 radical (unpaired) electrons. The molecule has 0 rings (SSSR count). The highest BCUT2D eigenvalue weighted by Gasteiger charge is 2.16. The zero-order valence-corrected chi connectivity index (χ0v) is 40.7. The molecule has 0 aromatic rings. The Bertz CT molecular complexity index is 732. The molecule has 1 unspecified atom stereocenters. The van der Waals surface area contributed by atoms with Crippen LogP contribution in [0.3, 0.4) is 0 Å². The van der Waals surface area contributed by atoms with E-state index in [1.54, 1.807) is 0 Å². The summed E-state index contributed by atoms with van der Waals surface area (Å²) in [6.07, 6.45) is 72.5. The Kier molecular flexibility index (Phi) is 52.1. The first-order valence-corrected chi connectivity index (χ1v) is 27.9. The molecule has 2 nitrogen and oxygen atoms in total. The topological polar surface area (TPSA) is 37.3 Å². The Morgan fingerprint density at radius 1 is 0.241 bits per heavy atom. The van der Waals surface area contributed by atoms with E-state index >= 15 is 0 Å². The molecule has 0 bridgehead atoms. The van der Waals surface area contributed by atoms with E-state index in [-0.39, 0.29) is 5.92 Å². The average molecular weight is 818 g/mol. The summed E-state index contributed by atoms with van der Waals surface area (Å²) in [5, 5.41) is 9.75. The summed E-state index contributed by atoms with van der Waals surface area (Å²) < 4.78 is 0. The molecule has 1 atom stereocenters. The van der Waals surface area contributed by atoms with Crippen LogP contribution in [0.25, 0.3) is 0 Å². The van der Waals surface area contributed by atoms with Crippen molar-refractivity contribution >= 4 is 5.97 Å². The monoisotopic (exact) mass is 817 g/mol. The Labute approximate surface area is 368 Å². The van der Waals surface area contributed by atoms with Crippen LogP contribution in [-0.2, 0) is 4.79 Å². The molecule has 2 heteroatoms. The second-order valence-corrected chi connectivity index (χ2v) is 19.6. The summed E-state index contributed by atoms with van der Waals surface area (Å²) in [6, 6.07) is 0. The van der Waals surface area contributed by atoms with Gasteiger partial charge in [0, 0.05) is 0 Å². The number of unbranched alkanes of at least 4 members (excludes halogenated alkanes) is 48. The van der Waals surface area contributed by atoms with Crippen molar-refractivity contribution in [2.45, 2.75) is 348 Å². The molecule has 0 saturated carbocycles. The van der Waals surface area contributed by atoms with Crippen LogP contribution in [0.1, 0.15) is 348 Å². The second kappa shape index (κ2) is 52.6. The molecule has 0 aromatic carbocycles. The lowest BCUT2D eigenvalue weighted by atomic mass is 9.94. The Balaban J connectivity index is 3.30. The van der Waals surface area contributed by atoms with Crippen molar-refractivity contribution in [1.82, 2.24) is 0 Å². The van der Waals surface area contributed by atoms with Gasteiger partial charge in [0.15, 0.2) is 0 Å². The third kappa shape index (κ3) is 49.8. The van der Waals surface area contributed by atoms with Gasteiger partial charge in [-0.1, -0.05) is 335 Å². The normalized spacial score (nSPS) is 12.2. The smallest absolute Gasteiger partial charge is 0.306 e. The lowest BCUT2D eigenvalue weighted by Crippen LogP contribution is -2.13. The molecule has 0 heterocycles. The molecule has 1 N–H and O–H groups in total. The number of hydrogen-bond donors (Lipinski definition) is 1. The number of hydrogen-bond acceptors (Lipinski definition) is 1. The Morgan fingerprint density at radius 3 is 0.483 bits per heavy atom. The van der Waals surface area contributed by atoms with Gasteiger partial charge in [0.05, 0.1) is 5.92 Å². The van der Waals surface area contributed by atoms with E-state index < -0.39 is 5.97 Å². The molecule has 0 aliphatic rings. The molecule has 0 amide bonds. The number of carboxylic acid groups (broad SMARTS) is 1. The summed E-state index contributed by atoms with van der Waals surface area (Å²) in [7, 11) is 0. The van der Waals surface area contributed by atoms with Crippen molar-refractivity contribution in [2.24, 2.45) is 5.92 Å². The van der Waals surface area contributed by atoms with E-state index in [0.717, 1.165) is 25.7 Å². The van der Waals surface area contributed by atoms with Gasteiger partial charge in [-0.3, -0.25) is 4.79 Å². The van der Waals surface area contributed by atoms with Crippen LogP contribution >= 0.6 is 0 Å². The van der Waals surface area contributed by atoms with Gasteiger partial charge in [-0.2, -0.15) is 0 Å². The summed E-state index contributed by atoms with van der Waals surface area (Å²) in [5.41, 5.74) is 0. The highest BCUT2D eigenvalue weighted by molar-refractivity contribution is 5.69. The molecule has 0 aromatic heterocycles. The first kappa shape index (κ1) is 57.5. The minimum atomic E-state index is -0.548. The standard InChI is InChI=1S/C56H112O2/c1-3-5-7-9-11-13-15-17-19-21-23-25-27-28-29-30-31-32-34-36-38-40-42-44-46-48-50-52-54-55(56(57)58)53-51-49-47-45-43-41-39-37-35-33-26-24-22-20-18-16-14-12-10-8-6-4-2/h55H,3-54H2,1-2H3,(H,57,58). The summed E-state index contributed by atoms with van der Waals surface area (Å²) in [5.74, 6) is -0.650. The first-order chi connectivity index (χ1) is 28.7.